The van der Waals surface area contributed by atoms with Gasteiger partial charge in [-0.3, -0.25) is 14.3 Å². The second-order valence-electron chi connectivity index (χ2n) is 3.57. The number of imidazole rings is 1. The van der Waals surface area contributed by atoms with Gasteiger partial charge in [0, 0.05) is 13.0 Å². The molecule has 2 N–H and O–H groups in total. The highest BCUT2D eigenvalue weighted by Crippen LogP contribution is 2.02. The van der Waals surface area contributed by atoms with Crippen LogP contribution < -0.4 is 11.2 Å². The van der Waals surface area contributed by atoms with Crippen molar-refractivity contribution in [3.05, 3.63) is 26.7 Å². The molecular formula is C11H10N4O4. The van der Waals surface area contributed by atoms with Gasteiger partial charge in [0.2, 0.25) is 0 Å². The van der Waals surface area contributed by atoms with Gasteiger partial charge in [0.05, 0.1) is 6.61 Å². The molecule has 0 aliphatic rings. The van der Waals surface area contributed by atoms with Crippen molar-refractivity contribution in [2.75, 3.05) is 6.61 Å². The largest absolute Gasteiger partial charge is 0.456 e. The highest BCUT2D eigenvalue weighted by molar-refractivity contribution is 5.89. The molecule has 2 aromatic rings. The van der Waals surface area contributed by atoms with Gasteiger partial charge in [-0.2, -0.15) is 0 Å². The van der Waals surface area contributed by atoms with Gasteiger partial charge < -0.3 is 9.72 Å². The first kappa shape index (κ1) is 12.6. The summed E-state index contributed by atoms with van der Waals surface area (Å²) in [4.78, 5) is 42.7. The molecule has 8 heteroatoms. The van der Waals surface area contributed by atoms with Crippen LogP contribution in [0.3, 0.4) is 0 Å². The van der Waals surface area contributed by atoms with Crippen LogP contribution in [0.15, 0.2) is 9.59 Å². The Morgan fingerprint density at radius 3 is 2.84 bits per heavy atom. The van der Waals surface area contributed by atoms with E-state index >= 15 is 0 Å². The lowest BCUT2D eigenvalue weighted by molar-refractivity contribution is -0.136. The van der Waals surface area contributed by atoms with Gasteiger partial charge in [0.15, 0.2) is 17.0 Å². The predicted octanol–water partition coefficient (Wildman–Crippen LogP) is -1.14. The van der Waals surface area contributed by atoms with Gasteiger partial charge in [0.25, 0.3) is 5.56 Å². The monoisotopic (exact) mass is 262 g/mol. The highest BCUT2D eigenvalue weighted by Gasteiger charge is 2.09. The minimum atomic E-state index is -0.689. The molecule has 0 saturated carbocycles. The fourth-order valence-electron chi connectivity index (χ4n) is 1.44. The number of aryl methyl sites for hydroxylation is 1. The molecule has 0 radical (unpaired) electrons. The average Bonchev–Trinajstić information content (AvgIpc) is 2.79. The number of nitrogens with zero attached hydrogens (tertiary/aromatic N) is 2. The van der Waals surface area contributed by atoms with Crippen molar-refractivity contribution in [1.82, 2.24) is 19.5 Å². The Morgan fingerprint density at radius 1 is 1.42 bits per heavy atom. The molecule has 0 spiro atoms. The number of hydrogen-bond acceptors (Lipinski definition) is 5. The maximum absolute atomic E-state index is 11.5. The summed E-state index contributed by atoms with van der Waals surface area (Å²) < 4.78 is 5.80. The summed E-state index contributed by atoms with van der Waals surface area (Å²) >= 11 is 0. The van der Waals surface area contributed by atoms with Gasteiger partial charge in [-0.15, -0.1) is 0 Å². The lowest BCUT2D eigenvalue weighted by Crippen LogP contribution is -2.28. The molecule has 0 aromatic carbocycles. The Hall–Kier alpha value is -2.82. The molecule has 0 saturated heterocycles. The fraction of sp³-hybridized carbons (Fsp3) is 0.273. The Morgan fingerprint density at radius 2 is 2.16 bits per heavy atom. The Balaban J connectivity index is 2.51. The van der Waals surface area contributed by atoms with Crippen molar-refractivity contribution in [3.8, 4) is 11.8 Å². The second-order valence-corrected chi connectivity index (χ2v) is 3.57. The number of rotatable bonds is 1. The van der Waals surface area contributed by atoms with E-state index in [0.717, 1.165) is 0 Å². The van der Waals surface area contributed by atoms with E-state index in [2.05, 4.69) is 31.5 Å². The Labute approximate surface area is 106 Å². The minimum Gasteiger partial charge on any atom is -0.456 e. The van der Waals surface area contributed by atoms with Crippen LogP contribution in [-0.2, 0) is 16.6 Å². The summed E-state index contributed by atoms with van der Waals surface area (Å²) in [6.07, 6.45) is 0. The standard InChI is InChI=1S/C11H10N4O4/c1-3-19-7(16)5-4-6-12-8-9(13-6)15(2)11(18)14-10(8)17/h3H2,1-2H3,(H,12,13)(H,14,17,18). The summed E-state index contributed by atoms with van der Waals surface area (Å²) in [6, 6.07) is 0. The van der Waals surface area contributed by atoms with E-state index in [-0.39, 0.29) is 23.6 Å². The van der Waals surface area contributed by atoms with E-state index in [0.29, 0.717) is 0 Å². The number of H-pyrrole nitrogens is 2. The Kier molecular flexibility index (Phi) is 3.20. The van der Waals surface area contributed by atoms with E-state index in [1.807, 2.05) is 0 Å². The van der Waals surface area contributed by atoms with Crippen LogP contribution in [-0.4, -0.2) is 32.1 Å². The van der Waals surface area contributed by atoms with Crippen LogP contribution in [0.25, 0.3) is 11.2 Å². The third kappa shape index (κ3) is 2.40. The third-order valence-corrected chi connectivity index (χ3v) is 2.31. The molecule has 0 fully saturated rings. The van der Waals surface area contributed by atoms with Crippen molar-refractivity contribution < 1.29 is 9.53 Å². The van der Waals surface area contributed by atoms with Gasteiger partial charge in [-0.25, -0.2) is 14.6 Å². The molecule has 8 nitrogen and oxygen atoms in total. The molecule has 0 bridgehead atoms. The number of carbonyl (C=O) groups excluding carboxylic acids is 1. The van der Waals surface area contributed by atoms with E-state index in [1.54, 1.807) is 6.92 Å². The molecule has 2 aromatic heterocycles. The van der Waals surface area contributed by atoms with Crippen molar-refractivity contribution >= 4 is 17.1 Å². The van der Waals surface area contributed by atoms with Crippen LogP contribution in [0.4, 0.5) is 0 Å². The second kappa shape index (κ2) is 4.81. The lowest BCUT2D eigenvalue weighted by atomic mass is 10.5. The molecular weight excluding hydrogens is 252 g/mol. The number of aromatic amines is 2. The van der Waals surface area contributed by atoms with Crippen LogP contribution in [0.5, 0.6) is 0 Å². The van der Waals surface area contributed by atoms with E-state index in [1.165, 1.54) is 11.6 Å². The van der Waals surface area contributed by atoms with E-state index in [9.17, 15) is 14.4 Å². The molecule has 0 amide bonds. The van der Waals surface area contributed by atoms with Crippen molar-refractivity contribution in [1.29, 1.82) is 0 Å². The normalized spacial score (nSPS) is 10.0. The SMILES string of the molecule is CCOC(=O)C#Cc1nc2c([nH]1)c(=O)[nH]c(=O)n2C. The zero-order valence-electron chi connectivity index (χ0n) is 10.2. The van der Waals surface area contributed by atoms with Crippen LogP contribution >= 0.6 is 0 Å². The van der Waals surface area contributed by atoms with E-state index in [4.69, 9.17) is 0 Å². The van der Waals surface area contributed by atoms with Crippen LogP contribution in [0, 0.1) is 11.8 Å². The highest BCUT2D eigenvalue weighted by atomic mass is 16.5. The summed E-state index contributed by atoms with van der Waals surface area (Å²) in [5.41, 5.74) is -0.874. The topological polar surface area (TPSA) is 110 Å². The number of carbonyl (C=O) groups is 1. The summed E-state index contributed by atoms with van der Waals surface area (Å²) in [5.74, 6) is 4.06. The summed E-state index contributed by atoms with van der Waals surface area (Å²) in [5, 5.41) is 0. The number of nitrogens with one attached hydrogen (secondary N) is 2. The van der Waals surface area contributed by atoms with Gasteiger partial charge in [-0.05, 0) is 12.8 Å². The molecule has 2 heterocycles. The zero-order chi connectivity index (χ0) is 14.0. The molecule has 0 aliphatic carbocycles. The predicted molar refractivity (Wildman–Crippen MR) is 65.5 cm³/mol. The van der Waals surface area contributed by atoms with Crippen molar-refractivity contribution in [2.45, 2.75) is 6.92 Å². The van der Waals surface area contributed by atoms with Gasteiger partial charge in [0.1, 0.15) is 0 Å². The smallest absolute Gasteiger partial charge is 0.384 e. The quantitative estimate of drug-likeness (QED) is 0.499. The number of aromatic nitrogens is 4. The minimum absolute atomic E-state index is 0.106. The van der Waals surface area contributed by atoms with Crippen LogP contribution in [0.2, 0.25) is 0 Å². The Bertz CT molecular complexity index is 815. The first-order valence-corrected chi connectivity index (χ1v) is 5.40. The maximum atomic E-state index is 11.5. The first-order valence-electron chi connectivity index (χ1n) is 5.40. The molecule has 0 atom stereocenters. The molecule has 19 heavy (non-hydrogen) atoms. The number of ether oxygens (including phenoxy) is 1. The summed E-state index contributed by atoms with van der Waals surface area (Å²) in [7, 11) is 1.46. The molecule has 0 unspecified atom stereocenters. The zero-order valence-corrected chi connectivity index (χ0v) is 10.2. The van der Waals surface area contributed by atoms with Gasteiger partial charge >= 0.3 is 11.7 Å². The lowest BCUT2D eigenvalue weighted by Gasteiger charge is -1.94. The molecule has 0 aliphatic heterocycles. The van der Waals surface area contributed by atoms with Gasteiger partial charge in [-0.1, -0.05) is 0 Å². The van der Waals surface area contributed by atoms with Crippen molar-refractivity contribution in [3.63, 3.8) is 0 Å². The molecule has 98 valence electrons. The molecule has 2 rings (SSSR count). The third-order valence-electron chi connectivity index (χ3n) is 2.31. The number of fused-ring (bicyclic) bond motifs is 1. The fourth-order valence-corrected chi connectivity index (χ4v) is 1.44. The van der Waals surface area contributed by atoms with E-state index < -0.39 is 17.2 Å². The van der Waals surface area contributed by atoms with Crippen LogP contribution in [0.1, 0.15) is 12.7 Å². The van der Waals surface area contributed by atoms with Crippen molar-refractivity contribution in [2.24, 2.45) is 7.05 Å². The maximum Gasteiger partial charge on any atom is 0.384 e. The number of esters is 1. The summed E-state index contributed by atoms with van der Waals surface area (Å²) in [6.45, 7) is 1.89. The first-order chi connectivity index (χ1) is 9.02. The average molecular weight is 262 g/mol. The number of hydrogen-bond donors (Lipinski definition) is 2.